The van der Waals surface area contributed by atoms with Gasteiger partial charge in [0.25, 0.3) is 0 Å². The summed E-state index contributed by atoms with van der Waals surface area (Å²) < 4.78 is 16.9. The lowest BCUT2D eigenvalue weighted by Gasteiger charge is -2.15. The van der Waals surface area contributed by atoms with E-state index in [4.69, 9.17) is 19.9 Å². The highest BCUT2D eigenvalue weighted by atomic mass is 79.9. The van der Waals surface area contributed by atoms with Crippen LogP contribution in [-0.4, -0.2) is 46.7 Å². The van der Waals surface area contributed by atoms with Gasteiger partial charge < -0.3 is 19.9 Å². The van der Waals surface area contributed by atoms with Crippen LogP contribution >= 0.6 is 15.9 Å². The number of benzene rings is 1. The van der Waals surface area contributed by atoms with Gasteiger partial charge in [-0.2, -0.15) is 0 Å². The molecule has 5 heteroatoms. The molecular weight excluding hydrogens is 334 g/mol. The summed E-state index contributed by atoms with van der Waals surface area (Å²) in [6, 6.07) is 8.37. The number of nitrogens with two attached hydrogens (primary N) is 1. The van der Waals surface area contributed by atoms with Gasteiger partial charge in [0.2, 0.25) is 0 Å². The summed E-state index contributed by atoms with van der Waals surface area (Å²) in [6.07, 6.45) is 1.96. The average Bonchev–Trinajstić information content (AvgIpc) is 2.48. The SMILES string of the molecule is COCCOCCOCCC(CN)Cc1cccc(Br)c1. The molecule has 1 atom stereocenters. The first-order valence-electron chi connectivity index (χ1n) is 7.35. The van der Waals surface area contributed by atoms with Crippen molar-refractivity contribution in [1.29, 1.82) is 0 Å². The molecule has 0 saturated heterocycles. The van der Waals surface area contributed by atoms with Crippen molar-refractivity contribution in [3.63, 3.8) is 0 Å². The van der Waals surface area contributed by atoms with Crippen LogP contribution in [-0.2, 0) is 20.6 Å². The Bertz CT molecular complexity index is 376. The molecule has 21 heavy (non-hydrogen) atoms. The Hall–Kier alpha value is -0.460. The molecule has 0 saturated carbocycles. The molecule has 0 aromatic heterocycles. The first-order chi connectivity index (χ1) is 10.3. The van der Waals surface area contributed by atoms with E-state index in [2.05, 4.69) is 34.1 Å². The normalized spacial score (nSPS) is 12.5. The van der Waals surface area contributed by atoms with Crippen LogP contribution in [0.25, 0.3) is 0 Å². The summed E-state index contributed by atoms with van der Waals surface area (Å²) in [5.41, 5.74) is 7.16. The van der Waals surface area contributed by atoms with Gasteiger partial charge in [0.15, 0.2) is 0 Å². The van der Waals surface area contributed by atoms with Crippen molar-refractivity contribution in [3.8, 4) is 0 Å². The molecule has 2 N–H and O–H groups in total. The quantitative estimate of drug-likeness (QED) is 0.583. The number of ether oxygens (including phenoxy) is 3. The van der Waals surface area contributed by atoms with Crippen molar-refractivity contribution in [2.45, 2.75) is 12.8 Å². The van der Waals surface area contributed by atoms with E-state index in [1.165, 1.54) is 5.56 Å². The Morgan fingerprint density at radius 3 is 2.48 bits per heavy atom. The topological polar surface area (TPSA) is 53.7 Å². The van der Waals surface area contributed by atoms with Crippen molar-refractivity contribution in [1.82, 2.24) is 0 Å². The molecule has 0 amide bonds. The van der Waals surface area contributed by atoms with Crippen molar-refractivity contribution in [2.24, 2.45) is 11.7 Å². The molecule has 0 bridgehead atoms. The fraction of sp³-hybridized carbons (Fsp3) is 0.625. The number of hydrogen-bond acceptors (Lipinski definition) is 4. The molecule has 0 fully saturated rings. The number of rotatable bonds is 12. The molecule has 1 aromatic carbocycles. The fourth-order valence-corrected chi connectivity index (χ4v) is 2.46. The maximum absolute atomic E-state index is 5.85. The van der Waals surface area contributed by atoms with E-state index < -0.39 is 0 Å². The molecule has 4 nitrogen and oxygen atoms in total. The number of hydrogen-bond donors (Lipinski definition) is 1. The van der Waals surface area contributed by atoms with Crippen molar-refractivity contribution in [2.75, 3.05) is 46.7 Å². The Balaban J connectivity index is 2.11. The summed E-state index contributed by atoms with van der Waals surface area (Å²) in [4.78, 5) is 0. The van der Waals surface area contributed by atoms with Gasteiger partial charge in [-0.15, -0.1) is 0 Å². The third-order valence-electron chi connectivity index (χ3n) is 3.22. The van der Waals surface area contributed by atoms with Crippen LogP contribution in [0.5, 0.6) is 0 Å². The lowest BCUT2D eigenvalue weighted by atomic mass is 9.97. The van der Waals surface area contributed by atoms with Crippen molar-refractivity contribution in [3.05, 3.63) is 34.3 Å². The van der Waals surface area contributed by atoms with Crippen LogP contribution in [0.1, 0.15) is 12.0 Å². The predicted molar refractivity (Wildman–Crippen MR) is 88.5 cm³/mol. The standard InChI is InChI=1S/C16H26BrNO3/c1-19-7-8-21-10-9-20-6-5-15(13-18)11-14-3-2-4-16(17)12-14/h2-4,12,15H,5-11,13,18H2,1H3. The minimum absolute atomic E-state index is 0.453. The van der Waals surface area contributed by atoms with Gasteiger partial charge in [-0.3, -0.25) is 0 Å². The largest absolute Gasteiger partial charge is 0.382 e. The molecule has 1 aromatic rings. The van der Waals surface area contributed by atoms with E-state index in [9.17, 15) is 0 Å². The van der Waals surface area contributed by atoms with Crippen LogP contribution in [0, 0.1) is 5.92 Å². The van der Waals surface area contributed by atoms with E-state index in [0.29, 0.717) is 38.9 Å². The fourth-order valence-electron chi connectivity index (χ4n) is 2.01. The highest BCUT2D eigenvalue weighted by Gasteiger charge is 2.08. The summed E-state index contributed by atoms with van der Waals surface area (Å²) in [5, 5.41) is 0. The van der Waals surface area contributed by atoms with Crippen molar-refractivity contribution >= 4 is 15.9 Å². The van der Waals surface area contributed by atoms with E-state index in [-0.39, 0.29) is 0 Å². The first-order valence-corrected chi connectivity index (χ1v) is 8.14. The van der Waals surface area contributed by atoms with E-state index in [1.54, 1.807) is 7.11 Å². The molecule has 1 unspecified atom stereocenters. The molecule has 0 spiro atoms. The van der Waals surface area contributed by atoms with Gasteiger partial charge in [0, 0.05) is 18.2 Å². The highest BCUT2D eigenvalue weighted by molar-refractivity contribution is 9.10. The van der Waals surface area contributed by atoms with Crippen molar-refractivity contribution < 1.29 is 14.2 Å². The van der Waals surface area contributed by atoms with Gasteiger partial charge in [-0.25, -0.2) is 0 Å². The van der Waals surface area contributed by atoms with E-state index in [0.717, 1.165) is 23.9 Å². The predicted octanol–water partition coefficient (Wildman–Crippen LogP) is 2.64. The Labute approximate surface area is 136 Å². The third-order valence-corrected chi connectivity index (χ3v) is 3.71. The molecule has 0 radical (unpaired) electrons. The van der Waals surface area contributed by atoms with Gasteiger partial charge >= 0.3 is 0 Å². The van der Waals surface area contributed by atoms with Gasteiger partial charge in [-0.05, 0) is 43.0 Å². The van der Waals surface area contributed by atoms with Crippen LogP contribution in [0.3, 0.4) is 0 Å². The monoisotopic (exact) mass is 359 g/mol. The van der Waals surface area contributed by atoms with Crippen LogP contribution < -0.4 is 5.73 Å². The second-order valence-corrected chi connectivity index (χ2v) is 5.86. The van der Waals surface area contributed by atoms with Crippen LogP contribution in [0.2, 0.25) is 0 Å². The Morgan fingerprint density at radius 2 is 1.81 bits per heavy atom. The maximum Gasteiger partial charge on any atom is 0.0701 e. The van der Waals surface area contributed by atoms with Gasteiger partial charge in [0.05, 0.1) is 26.4 Å². The Morgan fingerprint density at radius 1 is 1.10 bits per heavy atom. The average molecular weight is 360 g/mol. The minimum atomic E-state index is 0.453. The van der Waals surface area contributed by atoms with E-state index >= 15 is 0 Å². The second kappa shape index (κ2) is 12.1. The Kier molecular flexibility index (Phi) is 10.7. The van der Waals surface area contributed by atoms with Gasteiger partial charge in [0.1, 0.15) is 0 Å². The molecule has 0 aliphatic rings. The lowest BCUT2D eigenvalue weighted by molar-refractivity contribution is 0.0220. The molecular formula is C16H26BrNO3. The lowest BCUT2D eigenvalue weighted by Crippen LogP contribution is -2.19. The summed E-state index contributed by atoms with van der Waals surface area (Å²) >= 11 is 3.49. The zero-order valence-corrected chi connectivity index (χ0v) is 14.3. The molecule has 1 rings (SSSR count). The summed E-state index contributed by atoms with van der Waals surface area (Å²) in [5.74, 6) is 0.453. The zero-order chi connectivity index (χ0) is 15.3. The second-order valence-electron chi connectivity index (χ2n) is 4.94. The zero-order valence-electron chi connectivity index (χ0n) is 12.7. The van der Waals surface area contributed by atoms with Crippen LogP contribution in [0.15, 0.2) is 28.7 Å². The third kappa shape index (κ3) is 9.22. The molecule has 120 valence electrons. The molecule has 0 heterocycles. The van der Waals surface area contributed by atoms with E-state index in [1.807, 2.05) is 6.07 Å². The summed E-state index contributed by atoms with van der Waals surface area (Å²) in [7, 11) is 1.66. The molecule has 0 aliphatic heterocycles. The maximum atomic E-state index is 5.85. The van der Waals surface area contributed by atoms with Crippen LogP contribution in [0.4, 0.5) is 0 Å². The highest BCUT2D eigenvalue weighted by Crippen LogP contribution is 2.16. The number of methoxy groups -OCH3 is 1. The minimum Gasteiger partial charge on any atom is -0.382 e. The summed E-state index contributed by atoms with van der Waals surface area (Å²) in [6.45, 7) is 3.89. The smallest absolute Gasteiger partial charge is 0.0701 e. The van der Waals surface area contributed by atoms with Gasteiger partial charge in [-0.1, -0.05) is 28.1 Å². The molecule has 0 aliphatic carbocycles. The number of halogens is 1. The first kappa shape index (κ1) is 18.6.